The number of thiophene rings is 1. The number of likely N-dealkylation sites (N-methyl/N-ethyl adjacent to an activating group) is 1. The lowest BCUT2D eigenvalue weighted by atomic mass is 10.1. The van der Waals surface area contributed by atoms with Crippen molar-refractivity contribution in [3.05, 3.63) is 33.7 Å². The molecule has 3 nitrogen and oxygen atoms in total. The van der Waals surface area contributed by atoms with E-state index >= 15 is 0 Å². The van der Waals surface area contributed by atoms with Gasteiger partial charge in [-0.05, 0) is 31.0 Å². The van der Waals surface area contributed by atoms with Crippen LogP contribution in [0, 0.1) is 6.92 Å². The summed E-state index contributed by atoms with van der Waals surface area (Å²) in [6.45, 7) is 2.73. The summed E-state index contributed by atoms with van der Waals surface area (Å²) >= 11 is 7.81. The number of carboxylic acid groups (broad SMARTS) is 1. The van der Waals surface area contributed by atoms with Crippen molar-refractivity contribution in [3.8, 4) is 0 Å². The van der Waals surface area contributed by atoms with Gasteiger partial charge in [-0.1, -0.05) is 23.7 Å². The molecule has 2 aromatic rings. The van der Waals surface area contributed by atoms with E-state index in [0.29, 0.717) is 6.54 Å². The van der Waals surface area contributed by atoms with Gasteiger partial charge in [0.1, 0.15) is 0 Å². The molecule has 1 N–H and O–H groups in total. The zero-order chi connectivity index (χ0) is 13.3. The second-order valence-electron chi connectivity index (χ2n) is 4.33. The lowest BCUT2D eigenvalue weighted by Crippen LogP contribution is -2.24. The Morgan fingerprint density at radius 1 is 1.50 bits per heavy atom. The van der Waals surface area contributed by atoms with E-state index in [-0.39, 0.29) is 6.54 Å². The van der Waals surface area contributed by atoms with Crippen LogP contribution >= 0.6 is 22.9 Å². The van der Waals surface area contributed by atoms with Crippen molar-refractivity contribution in [2.75, 3.05) is 13.6 Å². The molecular formula is C13H14ClNO2S. The molecule has 0 spiro atoms. The highest BCUT2D eigenvalue weighted by Gasteiger charge is 2.13. The molecule has 1 heterocycles. The number of halogens is 1. The average molecular weight is 284 g/mol. The molecule has 0 saturated carbocycles. The third-order valence-corrected chi connectivity index (χ3v) is 4.59. The molecule has 0 aliphatic carbocycles. The van der Waals surface area contributed by atoms with E-state index in [4.69, 9.17) is 16.7 Å². The molecule has 0 aliphatic heterocycles. The maximum Gasteiger partial charge on any atom is 0.317 e. The molecule has 2 rings (SSSR count). The zero-order valence-corrected chi connectivity index (χ0v) is 11.8. The van der Waals surface area contributed by atoms with Crippen LogP contribution in [0.3, 0.4) is 0 Å². The summed E-state index contributed by atoms with van der Waals surface area (Å²) in [7, 11) is 1.81. The van der Waals surface area contributed by atoms with Crippen molar-refractivity contribution in [2.45, 2.75) is 13.5 Å². The standard InChI is InChI=1S/C13H14ClNO2S/c1-8-9-4-3-5-10(14)13(9)18-11(8)6-15(2)7-12(16)17/h3-5H,6-7H2,1-2H3,(H,16,17). The maximum absolute atomic E-state index is 10.7. The fourth-order valence-electron chi connectivity index (χ4n) is 1.94. The molecule has 0 radical (unpaired) electrons. The van der Waals surface area contributed by atoms with Crippen molar-refractivity contribution in [3.63, 3.8) is 0 Å². The van der Waals surface area contributed by atoms with E-state index in [1.54, 1.807) is 23.3 Å². The van der Waals surface area contributed by atoms with E-state index in [1.165, 1.54) is 10.4 Å². The minimum atomic E-state index is -0.811. The van der Waals surface area contributed by atoms with Crippen LogP contribution in [0.5, 0.6) is 0 Å². The number of benzene rings is 1. The van der Waals surface area contributed by atoms with Crippen LogP contribution in [0.4, 0.5) is 0 Å². The third kappa shape index (κ3) is 2.66. The predicted molar refractivity (Wildman–Crippen MR) is 75.5 cm³/mol. The SMILES string of the molecule is Cc1c(CN(C)CC(=O)O)sc2c(Cl)cccc12. The van der Waals surface area contributed by atoms with Gasteiger partial charge in [0.2, 0.25) is 0 Å². The van der Waals surface area contributed by atoms with Crippen LogP contribution in [0.1, 0.15) is 10.4 Å². The van der Waals surface area contributed by atoms with Gasteiger partial charge in [0, 0.05) is 11.4 Å². The van der Waals surface area contributed by atoms with Gasteiger partial charge in [-0.25, -0.2) is 0 Å². The first-order valence-electron chi connectivity index (χ1n) is 5.56. The number of carbonyl (C=O) groups is 1. The first-order chi connectivity index (χ1) is 8.49. The number of nitrogens with zero attached hydrogens (tertiary/aromatic N) is 1. The van der Waals surface area contributed by atoms with E-state index in [9.17, 15) is 4.79 Å². The molecule has 1 aromatic carbocycles. The Balaban J connectivity index is 2.32. The number of aryl methyl sites for hydroxylation is 1. The summed E-state index contributed by atoms with van der Waals surface area (Å²) in [5.41, 5.74) is 1.19. The molecule has 96 valence electrons. The van der Waals surface area contributed by atoms with E-state index in [2.05, 4.69) is 6.92 Å². The van der Waals surface area contributed by atoms with Crippen LogP contribution < -0.4 is 0 Å². The molecule has 18 heavy (non-hydrogen) atoms. The summed E-state index contributed by atoms with van der Waals surface area (Å²) in [6, 6.07) is 5.87. The molecule has 0 unspecified atom stereocenters. The number of rotatable bonds is 4. The minimum absolute atomic E-state index is 0.0431. The first-order valence-corrected chi connectivity index (χ1v) is 6.75. The van der Waals surface area contributed by atoms with Crippen molar-refractivity contribution in [2.24, 2.45) is 0 Å². The van der Waals surface area contributed by atoms with Crippen LogP contribution in [0.2, 0.25) is 5.02 Å². The minimum Gasteiger partial charge on any atom is -0.480 e. The molecular weight excluding hydrogens is 270 g/mol. The number of fused-ring (bicyclic) bond motifs is 1. The number of aliphatic carboxylic acids is 1. The molecule has 0 atom stereocenters. The van der Waals surface area contributed by atoms with Crippen LogP contribution in [0.15, 0.2) is 18.2 Å². The third-order valence-electron chi connectivity index (χ3n) is 2.83. The Hall–Kier alpha value is -1.10. The van der Waals surface area contributed by atoms with Crippen molar-refractivity contribution in [1.82, 2.24) is 4.90 Å². The fourth-order valence-corrected chi connectivity index (χ4v) is 3.52. The second-order valence-corrected chi connectivity index (χ2v) is 5.85. The van der Waals surface area contributed by atoms with Crippen LogP contribution in [-0.2, 0) is 11.3 Å². The summed E-state index contributed by atoms with van der Waals surface area (Å²) in [5.74, 6) is -0.811. The van der Waals surface area contributed by atoms with Gasteiger partial charge in [-0.2, -0.15) is 0 Å². The second kappa shape index (κ2) is 5.26. The topological polar surface area (TPSA) is 40.5 Å². The molecule has 5 heteroatoms. The Kier molecular flexibility index (Phi) is 3.90. The van der Waals surface area contributed by atoms with Gasteiger partial charge >= 0.3 is 5.97 Å². The molecule has 0 bridgehead atoms. The lowest BCUT2D eigenvalue weighted by Gasteiger charge is -2.12. The van der Waals surface area contributed by atoms with Gasteiger partial charge in [0.15, 0.2) is 0 Å². The number of hydrogen-bond donors (Lipinski definition) is 1. The largest absolute Gasteiger partial charge is 0.480 e. The normalized spacial score (nSPS) is 11.3. The Bertz CT molecular complexity index is 594. The predicted octanol–water partition coefficient (Wildman–Crippen LogP) is 3.38. The Morgan fingerprint density at radius 3 is 2.83 bits per heavy atom. The van der Waals surface area contributed by atoms with E-state index in [0.717, 1.165) is 15.1 Å². The van der Waals surface area contributed by atoms with Gasteiger partial charge in [-0.15, -0.1) is 11.3 Å². The van der Waals surface area contributed by atoms with Gasteiger partial charge < -0.3 is 5.11 Å². The molecule has 0 saturated heterocycles. The number of carboxylic acids is 1. The van der Waals surface area contributed by atoms with Crippen molar-refractivity contribution >= 4 is 39.0 Å². The monoisotopic (exact) mass is 283 g/mol. The maximum atomic E-state index is 10.7. The van der Waals surface area contributed by atoms with Crippen LogP contribution in [0.25, 0.3) is 10.1 Å². The molecule has 0 amide bonds. The van der Waals surface area contributed by atoms with Crippen LogP contribution in [-0.4, -0.2) is 29.6 Å². The first kappa shape index (κ1) is 13.3. The summed E-state index contributed by atoms with van der Waals surface area (Å²) < 4.78 is 1.08. The smallest absolute Gasteiger partial charge is 0.317 e. The summed E-state index contributed by atoms with van der Waals surface area (Å²) in [6.07, 6.45) is 0. The highest BCUT2D eigenvalue weighted by Crippen LogP contribution is 2.35. The number of hydrogen-bond acceptors (Lipinski definition) is 3. The van der Waals surface area contributed by atoms with Crippen molar-refractivity contribution in [1.29, 1.82) is 0 Å². The Morgan fingerprint density at radius 2 is 2.22 bits per heavy atom. The highest BCUT2D eigenvalue weighted by atomic mass is 35.5. The van der Waals surface area contributed by atoms with Crippen molar-refractivity contribution < 1.29 is 9.90 Å². The fraction of sp³-hybridized carbons (Fsp3) is 0.308. The summed E-state index contributed by atoms with van der Waals surface area (Å²) in [4.78, 5) is 13.6. The van der Waals surface area contributed by atoms with E-state index in [1.807, 2.05) is 18.2 Å². The molecule has 0 aliphatic rings. The average Bonchev–Trinajstić information content (AvgIpc) is 2.57. The molecule has 0 fully saturated rings. The highest BCUT2D eigenvalue weighted by molar-refractivity contribution is 7.20. The lowest BCUT2D eigenvalue weighted by molar-refractivity contribution is -0.138. The summed E-state index contributed by atoms with van der Waals surface area (Å²) in [5, 5.41) is 10.7. The van der Waals surface area contributed by atoms with E-state index < -0.39 is 5.97 Å². The molecule has 1 aromatic heterocycles. The zero-order valence-electron chi connectivity index (χ0n) is 10.2. The quantitative estimate of drug-likeness (QED) is 0.935. The Labute approximate surface area is 115 Å². The van der Waals surface area contributed by atoms with Gasteiger partial charge in [-0.3, -0.25) is 9.69 Å². The van der Waals surface area contributed by atoms with Gasteiger partial charge in [0.05, 0.1) is 16.3 Å². The van der Waals surface area contributed by atoms with Gasteiger partial charge in [0.25, 0.3) is 0 Å².